The third-order valence-corrected chi connectivity index (χ3v) is 4.55. The van der Waals surface area contributed by atoms with Gasteiger partial charge in [-0.05, 0) is 30.7 Å². The summed E-state index contributed by atoms with van der Waals surface area (Å²) in [6.45, 7) is 1.48. The molecule has 2 aromatic rings. The SMILES string of the molecule is CC1(c2cccc(Cl)c2)NC(=O)N(CCOc2ccccc2[N+](=O)[O-])C1=O. The summed E-state index contributed by atoms with van der Waals surface area (Å²) in [6, 6.07) is 12.0. The molecule has 0 aliphatic carbocycles. The normalized spacial score (nSPS) is 19.1. The topological polar surface area (TPSA) is 102 Å². The Kier molecular flexibility index (Phi) is 5.00. The second-order valence-electron chi connectivity index (χ2n) is 6.10. The number of nitro benzene ring substituents is 1. The van der Waals surface area contributed by atoms with Gasteiger partial charge in [-0.2, -0.15) is 0 Å². The first kappa shape index (κ1) is 18.7. The van der Waals surface area contributed by atoms with Crippen molar-refractivity contribution < 1.29 is 19.2 Å². The Balaban J connectivity index is 1.71. The summed E-state index contributed by atoms with van der Waals surface area (Å²) in [4.78, 5) is 36.5. The van der Waals surface area contributed by atoms with Crippen LogP contribution < -0.4 is 10.1 Å². The van der Waals surface area contributed by atoms with E-state index in [2.05, 4.69) is 5.32 Å². The van der Waals surface area contributed by atoms with Gasteiger partial charge in [0.25, 0.3) is 5.91 Å². The highest BCUT2D eigenvalue weighted by atomic mass is 35.5. The van der Waals surface area contributed by atoms with Gasteiger partial charge >= 0.3 is 11.7 Å². The van der Waals surface area contributed by atoms with Crippen LogP contribution in [0, 0.1) is 10.1 Å². The van der Waals surface area contributed by atoms with E-state index >= 15 is 0 Å². The van der Waals surface area contributed by atoms with Crippen molar-refractivity contribution in [2.24, 2.45) is 0 Å². The van der Waals surface area contributed by atoms with Crippen molar-refractivity contribution in [3.63, 3.8) is 0 Å². The zero-order valence-corrected chi connectivity index (χ0v) is 15.1. The van der Waals surface area contributed by atoms with Crippen LogP contribution in [0.1, 0.15) is 12.5 Å². The predicted octanol–water partition coefficient (Wildman–Crippen LogP) is 3.09. The smallest absolute Gasteiger partial charge is 0.325 e. The minimum atomic E-state index is -1.24. The quantitative estimate of drug-likeness (QED) is 0.464. The summed E-state index contributed by atoms with van der Waals surface area (Å²) in [6.07, 6.45) is 0. The zero-order chi connectivity index (χ0) is 19.6. The molecule has 1 aliphatic rings. The number of carbonyl (C=O) groups excluding carboxylic acids is 2. The van der Waals surface area contributed by atoms with Crippen LogP contribution in [-0.2, 0) is 10.3 Å². The molecule has 0 aromatic heterocycles. The zero-order valence-electron chi connectivity index (χ0n) is 14.3. The number of amides is 3. The van der Waals surface area contributed by atoms with Gasteiger partial charge in [-0.25, -0.2) is 4.79 Å². The molecule has 0 radical (unpaired) electrons. The number of ether oxygens (including phenoxy) is 1. The second-order valence-corrected chi connectivity index (χ2v) is 6.53. The third kappa shape index (κ3) is 3.56. The van der Waals surface area contributed by atoms with Crippen molar-refractivity contribution >= 4 is 29.2 Å². The predicted molar refractivity (Wildman–Crippen MR) is 97.6 cm³/mol. The van der Waals surface area contributed by atoms with E-state index in [1.165, 1.54) is 18.2 Å². The van der Waals surface area contributed by atoms with Gasteiger partial charge in [-0.1, -0.05) is 35.9 Å². The fraction of sp³-hybridized carbons (Fsp3) is 0.222. The average molecular weight is 390 g/mol. The Labute approximate surface area is 159 Å². The third-order valence-electron chi connectivity index (χ3n) is 4.31. The molecule has 2 aromatic carbocycles. The lowest BCUT2D eigenvalue weighted by Gasteiger charge is -2.22. The maximum atomic E-state index is 12.8. The highest BCUT2D eigenvalue weighted by molar-refractivity contribution is 6.30. The van der Waals surface area contributed by atoms with Gasteiger partial charge in [-0.3, -0.25) is 19.8 Å². The number of benzene rings is 2. The molecule has 140 valence electrons. The van der Waals surface area contributed by atoms with Crippen LogP contribution in [0.4, 0.5) is 10.5 Å². The first-order valence-corrected chi connectivity index (χ1v) is 8.47. The maximum absolute atomic E-state index is 12.8. The fourth-order valence-electron chi connectivity index (χ4n) is 2.87. The van der Waals surface area contributed by atoms with Gasteiger partial charge in [0.05, 0.1) is 11.5 Å². The van der Waals surface area contributed by atoms with E-state index in [1.54, 1.807) is 37.3 Å². The van der Waals surface area contributed by atoms with Gasteiger partial charge < -0.3 is 10.1 Å². The molecule has 1 aliphatic heterocycles. The van der Waals surface area contributed by atoms with E-state index in [-0.39, 0.29) is 24.6 Å². The second kappa shape index (κ2) is 7.24. The molecule has 1 heterocycles. The average Bonchev–Trinajstić information content (AvgIpc) is 2.86. The summed E-state index contributed by atoms with van der Waals surface area (Å²) < 4.78 is 5.41. The number of urea groups is 1. The molecular weight excluding hydrogens is 374 g/mol. The van der Waals surface area contributed by atoms with Gasteiger partial charge in [0.1, 0.15) is 12.1 Å². The number of nitrogens with one attached hydrogen (secondary N) is 1. The number of nitrogens with zero attached hydrogens (tertiary/aromatic N) is 2. The van der Waals surface area contributed by atoms with E-state index < -0.39 is 22.4 Å². The van der Waals surface area contributed by atoms with Crippen LogP contribution in [0.25, 0.3) is 0 Å². The van der Waals surface area contributed by atoms with Gasteiger partial charge in [-0.15, -0.1) is 0 Å². The molecule has 1 fully saturated rings. The molecule has 0 bridgehead atoms. The largest absolute Gasteiger partial charge is 0.485 e. The molecule has 1 unspecified atom stereocenters. The molecule has 1 saturated heterocycles. The Morgan fingerprint density at radius 1 is 1.22 bits per heavy atom. The van der Waals surface area contributed by atoms with Crippen molar-refractivity contribution in [2.75, 3.05) is 13.2 Å². The van der Waals surface area contributed by atoms with Crippen molar-refractivity contribution in [3.05, 3.63) is 69.2 Å². The molecular formula is C18H16ClN3O5. The number of hydrogen-bond acceptors (Lipinski definition) is 5. The minimum absolute atomic E-state index is 0.0487. The number of carbonyl (C=O) groups is 2. The Bertz CT molecular complexity index is 919. The van der Waals surface area contributed by atoms with E-state index in [0.29, 0.717) is 10.6 Å². The standard InChI is InChI=1S/C18H16ClN3O5/c1-18(12-5-4-6-13(19)11-12)16(23)21(17(24)20-18)9-10-27-15-8-3-2-7-14(15)22(25)26/h2-8,11H,9-10H2,1H3,(H,20,24). The highest BCUT2D eigenvalue weighted by Gasteiger charge is 2.48. The van der Waals surface area contributed by atoms with Crippen molar-refractivity contribution in [3.8, 4) is 5.75 Å². The van der Waals surface area contributed by atoms with Crippen molar-refractivity contribution in [1.82, 2.24) is 10.2 Å². The first-order chi connectivity index (χ1) is 12.8. The summed E-state index contributed by atoms with van der Waals surface area (Å²) in [7, 11) is 0. The van der Waals surface area contributed by atoms with Crippen LogP contribution in [0.5, 0.6) is 5.75 Å². The van der Waals surface area contributed by atoms with E-state index in [1.807, 2.05) is 0 Å². The first-order valence-electron chi connectivity index (χ1n) is 8.09. The molecule has 3 amide bonds. The molecule has 8 nitrogen and oxygen atoms in total. The number of para-hydroxylation sites is 2. The number of halogens is 1. The van der Waals surface area contributed by atoms with Crippen LogP contribution in [0.3, 0.4) is 0 Å². The molecule has 9 heteroatoms. The summed E-state index contributed by atoms with van der Waals surface area (Å²) >= 11 is 5.98. The van der Waals surface area contributed by atoms with Crippen molar-refractivity contribution in [2.45, 2.75) is 12.5 Å². The summed E-state index contributed by atoms with van der Waals surface area (Å²) in [5.41, 5.74) is -0.852. The van der Waals surface area contributed by atoms with Gasteiger partial charge in [0, 0.05) is 11.1 Å². The number of nitro groups is 1. The highest BCUT2D eigenvalue weighted by Crippen LogP contribution is 2.30. The number of rotatable bonds is 6. The molecule has 3 rings (SSSR count). The Hall–Kier alpha value is -3.13. The Morgan fingerprint density at radius 2 is 1.96 bits per heavy atom. The van der Waals surface area contributed by atoms with Gasteiger partial charge in [0.2, 0.25) is 0 Å². The lowest BCUT2D eigenvalue weighted by atomic mass is 9.92. The van der Waals surface area contributed by atoms with Crippen LogP contribution >= 0.6 is 11.6 Å². The van der Waals surface area contributed by atoms with Crippen LogP contribution in [0.2, 0.25) is 5.02 Å². The monoisotopic (exact) mass is 389 g/mol. The molecule has 0 saturated carbocycles. The fourth-order valence-corrected chi connectivity index (χ4v) is 3.06. The number of imide groups is 1. The maximum Gasteiger partial charge on any atom is 0.325 e. The molecule has 0 spiro atoms. The summed E-state index contributed by atoms with van der Waals surface area (Å²) in [5, 5.41) is 14.1. The summed E-state index contributed by atoms with van der Waals surface area (Å²) in [5.74, 6) is -0.368. The van der Waals surface area contributed by atoms with E-state index in [0.717, 1.165) is 4.90 Å². The van der Waals surface area contributed by atoms with Crippen molar-refractivity contribution in [1.29, 1.82) is 0 Å². The van der Waals surface area contributed by atoms with Crippen LogP contribution in [0.15, 0.2) is 48.5 Å². The van der Waals surface area contributed by atoms with Gasteiger partial charge in [0.15, 0.2) is 5.75 Å². The Morgan fingerprint density at radius 3 is 2.67 bits per heavy atom. The minimum Gasteiger partial charge on any atom is -0.485 e. The lowest BCUT2D eigenvalue weighted by Crippen LogP contribution is -2.41. The number of hydrogen-bond donors (Lipinski definition) is 1. The molecule has 1 N–H and O–H groups in total. The lowest BCUT2D eigenvalue weighted by molar-refractivity contribution is -0.385. The van der Waals surface area contributed by atoms with Crippen LogP contribution in [-0.4, -0.2) is 34.9 Å². The van der Waals surface area contributed by atoms with E-state index in [9.17, 15) is 19.7 Å². The molecule has 27 heavy (non-hydrogen) atoms. The van der Waals surface area contributed by atoms with E-state index in [4.69, 9.17) is 16.3 Å². The molecule has 1 atom stereocenters.